The van der Waals surface area contributed by atoms with Crippen molar-refractivity contribution < 1.29 is 4.74 Å². The van der Waals surface area contributed by atoms with Crippen molar-refractivity contribution in [3.8, 4) is 5.88 Å². The van der Waals surface area contributed by atoms with Crippen molar-refractivity contribution in [3.63, 3.8) is 0 Å². The Kier molecular flexibility index (Phi) is 5.63. The van der Waals surface area contributed by atoms with E-state index in [1.54, 1.807) is 0 Å². The van der Waals surface area contributed by atoms with Gasteiger partial charge in [-0.25, -0.2) is 4.98 Å². The molecule has 118 valence electrons. The lowest BCUT2D eigenvalue weighted by atomic mass is 9.88. The Bertz CT molecular complexity index is 414. The Balaban J connectivity index is 1.67. The summed E-state index contributed by atoms with van der Waals surface area (Å²) in [7, 11) is 0. The Morgan fingerprint density at radius 1 is 1.24 bits per heavy atom. The number of rotatable bonds is 5. The van der Waals surface area contributed by atoms with Crippen LogP contribution in [0.15, 0.2) is 18.3 Å². The predicted molar refractivity (Wildman–Crippen MR) is 87.9 cm³/mol. The fourth-order valence-electron chi connectivity index (χ4n) is 2.66. The first-order chi connectivity index (χ1) is 9.95. The number of aromatic nitrogens is 1. The minimum atomic E-state index is 0.150. The van der Waals surface area contributed by atoms with Crippen LogP contribution in [0, 0.1) is 5.92 Å². The summed E-state index contributed by atoms with van der Waals surface area (Å²) in [6.45, 7) is 13.4. The number of ether oxygens (including phenoxy) is 1. The molecule has 3 nitrogen and oxygen atoms in total. The summed E-state index contributed by atoms with van der Waals surface area (Å²) in [5.74, 6) is 1.65. The van der Waals surface area contributed by atoms with Crippen LogP contribution < -0.4 is 4.74 Å². The van der Waals surface area contributed by atoms with Crippen LogP contribution in [0.5, 0.6) is 5.88 Å². The Morgan fingerprint density at radius 3 is 2.52 bits per heavy atom. The van der Waals surface area contributed by atoms with Gasteiger partial charge < -0.3 is 9.64 Å². The van der Waals surface area contributed by atoms with Gasteiger partial charge in [0.2, 0.25) is 5.88 Å². The number of hydrogen-bond acceptors (Lipinski definition) is 3. The third-order valence-corrected chi connectivity index (χ3v) is 4.35. The second-order valence-electron chi connectivity index (χ2n) is 7.36. The molecule has 0 bridgehead atoms. The molecule has 0 spiro atoms. The van der Waals surface area contributed by atoms with Gasteiger partial charge in [-0.15, -0.1) is 0 Å². The molecule has 1 aliphatic rings. The average Bonchev–Trinajstić information content (AvgIpc) is 2.45. The molecule has 1 aromatic rings. The van der Waals surface area contributed by atoms with Gasteiger partial charge >= 0.3 is 0 Å². The number of nitrogens with zero attached hydrogens (tertiary/aromatic N) is 2. The monoisotopic (exact) mass is 290 g/mol. The Hall–Kier alpha value is -1.09. The average molecular weight is 290 g/mol. The summed E-state index contributed by atoms with van der Waals surface area (Å²) in [6.07, 6.45) is 5.70. The molecule has 1 aromatic heterocycles. The highest BCUT2D eigenvalue weighted by Gasteiger charge is 2.15. The lowest BCUT2D eigenvalue weighted by molar-refractivity contribution is 0.176. The highest BCUT2D eigenvalue weighted by molar-refractivity contribution is 5.23. The molecule has 2 rings (SSSR count). The van der Waals surface area contributed by atoms with E-state index in [4.69, 9.17) is 4.74 Å². The molecule has 0 aromatic carbocycles. The predicted octanol–water partition coefficient (Wildman–Crippen LogP) is 3.88. The maximum absolute atomic E-state index is 5.75. The van der Waals surface area contributed by atoms with Crippen LogP contribution in [0.1, 0.15) is 52.5 Å². The molecular weight excluding hydrogens is 260 g/mol. The smallest absolute Gasteiger partial charge is 0.213 e. The largest absolute Gasteiger partial charge is 0.478 e. The highest BCUT2D eigenvalue weighted by Crippen LogP contribution is 2.22. The van der Waals surface area contributed by atoms with Gasteiger partial charge in [0.15, 0.2) is 0 Å². The zero-order valence-electron chi connectivity index (χ0n) is 14.1. The van der Waals surface area contributed by atoms with E-state index >= 15 is 0 Å². The lowest BCUT2D eigenvalue weighted by Gasteiger charge is -2.30. The van der Waals surface area contributed by atoms with Crippen molar-refractivity contribution in [1.29, 1.82) is 0 Å². The summed E-state index contributed by atoms with van der Waals surface area (Å²) in [5.41, 5.74) is 1.40. The second kappa shape index (κ2) is 7.26. The number of pyridine rings is 1. The van der Waals surface area contributed by atoms with E-state index in [9.17, 15) is 0 Å². The first-order valence-electron chi connectivity index (χ1n) is 8.27. The molecule has 3 heteroatoms. The Morgan fingerprint density at radius 2 is 1.95 bits per heavy atom. The minimum absolute atomic E-state index is 0.150. The number of piperidine rings is 1. The summed E-state index contributed by atoms with van der Waals surface area (Å²) >= 11 is 0. The van der Waals surface area contributed by atoms with E-state index in [2.05, 4.69) is 43.6 Å². The molecule has 1 aliphatic heterocycles. The molecule has 0 saturated carbocycles. The molecule has 0 radical (unpaired) electrons. The molecule has 0 unspecified atom stereocenters. The van der Waals surface area contributed by atoms with E-state index in [1.807, 2.05) is 12.3 Å². The van der Waals surface area contributed by atoms with E-state index in [-0.39, 0.29) is 5.41 Å². The highest BCUT2D eigenvalue weighted by atomic mass is 16.5. The fraction of sp³-hybridized carbons (Fsp3) is 0.722. The fourth-order valence-corrected chi connectivity index (χ4v) is 2.66. The van der Waals surface area contributed by atoms with E-state index in [1.165, 1.54) is 31.5 Å². The lowest BCUT2D eigenvalue weighted by Crippen LogP contribution is -2.34. The zero-order chi connectivity index (χ0) is 15.3. The third kappa shape index (κ3) is 5.31. The van der Waals surface area contributed by atoms with Crippen LogP contribution in [0.2, 0.25) is 0 Å². The van der Waals surface area contributed by atoms with Gasteiger partial charge in [0, 0.05) is 18.8 Å². The van der Waals surface area contributed by atoms with Crippen molar-refractivity contribution >= 4 is 0 Å². The molecule has 1 saturated heterocycles. The second-order valence-corrected chi connectivity index (χ2v) is 7.36. The maximum Gasteiger partial charge on any atom is 0.213 e. The molecule has 21 heavy (non-hydrogen) atoms. The summed E-state index contributed by atoms with van der Waals surface area (Å²) in [6, 6.07) is 4.11. The van der Waals surface area contributed by atoms with Crippen molar-refractivity contribution in [2.75, 3.05) is 26.2 Å². The SMILES string of the molecule is CC1CCN(CCCOc2ccc(C(C)(C)C)cn2)CC1. The van der Waals surface area contributed by atoms with E-state index in [0.717, 1.165) is 31.4 Å². The minimum Gasteiger partial charge on any atom is -0.478 e. The van der Waals surface area contributed by atoms with Gasteiger partial charge in [0.25, 0.3) is 0 Å². The van der Waals surface area contributed by atoms with Crippen molar-refractivity contribution in [2.45, 2.75) is 52.4 Å². The van der Waals surface area contributed by atoms with Crippen LogP contribution in [0.3, 0.4) is 0 Å². The molecule has 0 atom stereocenters. The van der Waals surface area contributed by atoms with Gasteiger partial charge in [-0.1, -0.05) is 33.8 Å². The molecule has 2 heterocycles. The van der Waals surface area contributed by atoms with Crippen LogP contribution in [0.25, 0.3) is 0 Å². The Labute approximate surface area is 129 Å². The zero-order valence-corrected chi connectivity index (χ0v) is 14.1. The summed E-state index contributed by atoms with van der Waals surface area (Å²) < 4.78 is 5.75. The van der Waals surface area contributed by atoms with Gasteiger partial charge in [0.1, 0.15) is 0 Å². The van der Waals surface area contributed by atoms with Crippen LogP contribution in [0.4, 0.5) is 0 Å². The van der Waals surface area contributed by atoms with Crippen LogP contribution >= 0.6 is 0 Å². The number of likely N-dealkylation sites (tertiary alicyclic amines) is 1. The maximum atomic E-state index is 5.75. The van der Waals surface area contributed by atoms with Crippen molar-refractivity contribution in [1.82, 2.24) is 9.88 Å². The summed E-state index contributed by atoms with van der Waals surface area (Å²) in [4.78, 5) is 6.96. The van der Waals surface area contributed by atoms with Gasteiger partial charge in [0.05, 0.1) is 6.61 Å². The van der Waals surface area contributed by atoms with Gasteiger partial charge in [-0.2, -0.15) is 0 Å². The molecule has 0 N–H and O–H groups in total. The molecule has 0 aliphatic carbocycles. The van der Waals surface area contributed by atoms with E-state index < -0.39 is 0 Å². The molecular formula is C18H30N2O. The number of hydrogen-bond donors (Lipinski definition) is 0. The van der Waals surface area contributed by atoms with Gasteiger partial charge in [-0.05, 0) is 49.2 Å². The van der Waals surface area contributed by atoms with Crippen LogP contribution in [-0.2, 0) is 5.41 Å². The first kappa shape index (κ1) is 16.3. The summed E-state index contributed by atoms with van der Waals surface area (Å²) in [5, 5.41) is 0. The standard InChI is InChI=1S/C18H30N2O/c1-15-8-11-20(12-9-15)10-5-13-21-17-7-6-16(14-19-17)18(2,3)4/h6-7,14-15H,5,8-13H2,1-4H3. The topological polar surface area (TPSA) is 25.4 Å². The van der Waals surface area contributed by atoms with Gasteiger partial charge in [-0.3, -0.25) is 0 Å². The normalized spacial score (nSPS) is 17.9. The van der Waals surface area contributed by atoms with E-state index in [0.29, 0.717) is 0 Å². The quantitative estimate of drug-likeness (QED) is 0.770. The third-order valence-electron chi connectivity index (χ3n) is 4.35. The molecule has 0 amide bonds. The van der Waals surface area contributed by atoms with Crippen molar-refractivity contribution in [3.05, 3.63) is 23.9 Å². The van der Waals surface area contributed by atoms with Crippen molar-refractivity contribution in [2.24, 2.45) is 5.92 Å². The molecule has 1 fully saturated rings. The van der Waals surface area contributed by atoms with Crippen LogP contribution in [-0.4, -0.2) is 36.1 Å². The first-order valence-corrected chi connectivity index (χ1v) is 8.27.